The number of hydrogen-bond donors (Lipinski definition) is 3. The summed E-state index contributed by atoms with van der Waals surface area (Å²) in [6.07, 6.45) is 0.834. The molecule has 0 aliphatic rings. The molecule has 31 heavy (non-hydrogen) atoms. The number of amides is 1. The molecule has 0 saturated heterocycles. The fourth-order valence-electron chi connectivity index (χ4n) is 2.82. The summed E-state index contributed by atoms with van der Waals surface area (Å²) in [5.41, 5.74) is 8.19. The van der Waals surface area contributed by atoms with E-state index in [1.807, 2.05) is 31.2 Å². The van der Waals surface area contributed by atoms with Gasteiger partial charge in [-0.2, -0.15) is 15.0 Å². The second-order valence-corrected chi connectivity index (χ2v) is 6.74. The van der Waals surface area contributed by atoms with Gasteiger partial charge in [0.15, 0.2) is 12.4 Å². The number of anilines is 3. The van der Waals surface area contributed by atoms with Crippen molar-refractivity contribution in [2.24, 2.45) is 0 Å². The molecule has 0 aliphatic carbocycles. The molecule has 2 aromatic carbocycles. The van der Waals surface area contributed by atoms with Crippen LogP contribution < -0.4 is 16.4 Å². The SMILES string of the molecule is CCc1ccccc1Nc1nc(N)nc(COC(=O)[C@H](C)NC(=O)c2ccccc2)n1. The highest BCUT2D eigenvalue weighted by atomic mass is 16.5. The third-order valence-corrected chi connectivity index (χ3v) is 4.42. The number of esters is 1. The molecule has 3 rings (SSSR count). The lowest BCUT2D eigenvalue weighted by molar-refractivity contribution is -0.147. The maximum Gasteiger partial charge on any atom is 0.328 e. The summed E-state index contributed by atoms with van der Waals surface area (Å²) in [4.78, 5) is 36.8. The van der Waals surface area contributed by atoms with Gasteiger partial charge in [-0.05, 0) is 37.1 Å². The van der Waals surface area contributed by atoms with E-state index in [0.717, 1.165) is 17.7 Å². The van der Waals surface area contributed by atoms with Gasteiger partial charge in [-0.3, -0.25) is 4.79 Å². The largest absolute Gasteiger partial charge is 0.456 e. The van der Waals surface area contributed by atoms with Crippen LogP contribution in [0.4, 0.5) is 17.6 Å². The van der Waals surface area contributed by atoms with Crippen LogP contribution in [0.15, 0.2) is 54.6 Å². The van der Waals surface area contributed by atoms with E-state index in [-0.39, 0.29) is 30.2 Å². The Morgan fingerprint density at radius 2 is 1.74 bits per heavy atom. The summed E-state index contributed by atoms with van der Waals surface area (Å²) in [6, 6.07) is 15.5. The van der Waals surface area contributed by atoms with E-state index in [9.17, 15) is 9.59 Å². The summed E-state index contributed by atoms with van der Waals surface area (Å²) < 4.78 is 5.24. The number of para-hydroxylation sites is 1. The highest BCUT2D eigenvalue weighted by molar-refractivity contribution is 5.96. The fourth-order valence-corrected chi connectivity index (χ4v) is 2.82. The lowest BCUT2D eigenvalue weighted by atomic mass is 10.1. The summed E-state index contributed by atoms with van der Waals surface area (Å²) in [5, 5.41) is 5.72. The van der Waals surface area contributed by atoms with Gasteiger partial charge in [0.2, 0.25) is 11.9 Å². The Bertz CT molecular complexity index is 1060. The first-order valence-corrected chi connectivity index (χ1v) is 9.84. The molecule has 0 aliphatic heterocycles. The third-order valence-electron chi connectivity index (χ3n) is 4.42. The number of carbonyl (C=O) groups excluding carboxylic acids is 2. The lowest BCUT2D eigenvalue weighted by Gasteiger charge is -2.14. The standard InChI is InChI=1S/C22H24N6O3/c1-3-15-9-7-8-12-17(15)25-22-27-18(26-21(23)28-22)13-31-20(30)14(2)24-19(29)16-10-5-4-6-11-16/h4-12,14H,3,13H2,1-2H3,(H,24,29)(H3,23,25,26,27,28)/t14-/m0/s1. The number of hydrogen-bond acceptors (Lipinski definition) is 8. The number of benzene rings is 2. The van der Waals surface area contributed by atoms with Crippen LogP contribution in [0.5, 0.6) is 0 Å². The number of nitrogens with one attached hydrogen (secondary N) is 2. The summed E-state index contributed by atoms with van der Waals surface area (Å²) >= 11 is 0. The van der Waals surface area contributed by atoms with Gasteiger partial charge >= 0.3 is 5.97 Å². The van der Waals surface area contributed by atoms with Crippen molar-refractivity contribution >= 4 is 29.5 Å². The predicted molar refractivity (Wildman–Crippen MR) is 117 cm³/mol. The zero-order valence-electron chi connectivity index (χ0n) is 17.3. The van der Waals surface area contributed by atoms with Crippen LogP contribution in [-0.4, -0.2) is 32.9 Å². The maximum atomic E-state index is 12.3. The number of nitrogens with zero attached hydrogens (tertiary/aromatic N) is 3. The molecule has 1 aromatic heterocycles. The lowest BCUT2D eigenvalue weighted by Crippen LogP contribution is -2.39. The first-order chi connectivity index (χ1) is 15.0. The molecule has 3 aromatic rings. The predicted octanol–water partition coefficient (Wildman–Crippen LogP) is 2.62. The zero-order chi connectivity index (χ0) is 22.2. The first-order valence-electron chi connectivity index (χ1n) is 9.84. The van der Waals surface area contributed by atoms with Gasteiger partial charge in [0, 0.05) is 11.3 Å². The summed E-state index contributed by atoms with van der Waals surface area (Å²) in [5.74, 6) is -0.531. The van der Waals surface area contributed by atoms with Crippen LogP contribution in [0.2, 0.25) is 0 Å². The molecule has 0 unspecified atom stereocenters. The second-order valence-electron chi connectivity index (χ2n) is 6.74. The molecule has 0 spiro atoms. The average Bonchev–Trinajstić information content (AvgIpc) is 2.78. The molecule has 1 amide bonds. The summed E-state index contributed by atoms with van der Waals surface area (Å²) in [7, 11) is 0. The topological polar surface area (TPSA) is 132 Å². The van der Waals surface area contributed by atoms with E-state index in [4.69, 9.17) is 10.5 Å². The molecular weight excluding hydrogens is 396 g/mol. The van der Waals surface area contributed by atoms with Crippen molar-refractivity contribution in [3.05, 3.63) is 71.5 Å². The maximum absolute atomic E-state index is 12.3. The molecule has 9 heteroatoms. The Hall–Kier alpha value is -4.01. The monoisotopic (exact) mass is 420 g/mol. The van der Waals surface area contributed by atoms with Gasteiger partial charge in [0.25, 0.3) is 5.91 Å². The molecule has 160 valence electrons. The van der Waals surface area contributed by atoms with Gasteiger partial charge in [0.05, 0.1) is 0 Å². The van der Waals surface area contributed by atoms with E-state index in [1.165, 1.54) is 0 Å². The van der Waals surface area contributed by atoms with Gasteiger partial charge in [-0.15, -0.1) is 0 Å². The van der Waals surface area contributed by atoms with Crippen molar-refractivity contribution in [1.82, 2.24) is 20.3 Å². The van der Waals surface area contributed by atoms with Crippen molar-refractivity contribution in [2.75, 3.05) is 11.1 Å². The molecule has 1 heterocycles. The smallest absolute Gasteiger partial charge is 0.328 e. The minimum atomic E-state index is -0.846. The molecule has 9 nitrogen and oxygen atoms in total. The number of carbonyl (C=O) groups is 2. The van der Waals surface area contributed by atoms with Crippen LogP contribution in [0.3, 0.4) is 0 Å². The van der Waals surface area contributed by atoms with E-state index in [1.54, 1.807) is 37.3 Å². The Balaban J connectivity index is 1.61. The molecule has 0 radical (unpaired) electrons. The van der Waals surface area contributed by atoms with E-state index in [2.05, 4.69) is 25.6 Å². The zero-order valence-corrected chi connectivity index (χ0v) is 17.3. The third kappa shape index (κ3) is 5.99. The van der Waals surface area contributed by atoms with E-state index < -0.39 is 12.0 Å². The Morgan fingerprint density at radius 1 is 1.03 bits per heavy atom. The summed E-state index contributed by atoms with van der Waals surface area (Å²) in [6.45, 7) is 3.38. The number of aryl methyl sites for hydroxylation is 1. The number of nitrogen functional groups attached to an aromatic ring is 1. The molecule has 0 fully saturated rings. The van der Waals surface area contributed by atoms with E-state index >= 15 is 0 Å². The van der Waals surface area contributed by atoms with Crippen LogP contribution in [-0.2, 0) is 22.6 Å². The van der Waals surface area contributed by atoms with Gasteiger partial charge in [-0.1, -0.05) is 43.3 Å². The van der Waals surface area contributed by atoms with Gasteiger partial charge in [-0.25, -0.2) is 4.79 Å². The Labute approximate surface area is 180 Å². The normalized spacial score (nSPS) is 11.4. The molecule has 0 bridgehead atoms. The van der Waals surface area contributed by atoms with Gasteiger partial charge < -0.3 is 21.1 Å². The highest BCUT2D eigenvalue weighted by Crippen LogP contribution is 2.19. The van der Waals surface area contributed by atoms with Crippen molar-refractivity contribution in [1.29, 1.82) is 0 Å². The van der Waals surface area contributed by atoms with E-state index in [0.29, 0.717) is 5.56 Å². The molecule has 0 saturated carbocycles. The molecule has 4 N–H and O–H groups in total. The van der Waals surface area contributed by atoms with Crippen molar-refractivity contribution in [3.8, 4) is 0 Å². The average molecular weight is 420 g/mol. The number of ether oxygens (including phenoxy) is 1. The van der Waals surface area contributed by atoms with Crippen LogP contribution >= 0.6 is 0 Å². The first kappa shape index (κ1) is 21.7. The van der Waals surface area contributed by atoms with Gasteiger partial charge in [0.1, 0.15) is 6.04 Å². The van der Waals surface area contributed by atoms with Crippen molar-refractivity contribution in [3.63, 3.8) is 0 Å². The number of rotatable bonds is 8. The Morgan fingerprint density at radius 3 is 2.48 bits per heavy atom. The van der Waals surface area contributed by atoms with Crippen molar-refractivity contribution < 1.29 is 14.3 Å². The second kappa shape index (κ2) is 10.1. The minimum Gasteiger partial charge on any atom is -0.456 e. The van der Waals surface area contributed by atoms with Crippen LogP contribution in [0.25, 0.3) is 0 Å². The molecular formula is C22H24N6O3. The Kier molecular flexibility index (Phi) is 7.10. The highest BCUT2D eigenvalue weighted by Gasteiger charge is 2.19. The fraction of sp³-hybridized carbons (Fsp3) is 0.227. The number of nitrogens with two attached hydrogens (primary N) is 1. The molecule has 1 atom stereocenters. The minimum absolute atomic E-state index is 0.00274. The van der Waals surface area contributed by atoms with Crippen LogP contribution in [0, 0.1) is 0 Å². The van der Waals surface area contributed by atoms with Crippen molar-refractivity contribution in [2.45, 2.75) is 32.9 Å². The number of aromatic nitrogens is 3. The van der Waals surface area contributed by atoms with Crippen LogP contribution in [0.1, 0.15) is 35.6 Å². The quantitative estimate of drug-likeness (QED) is 0.474.